The third kappa shape index (κ3) is 2.53. The van der Waals surface area contributed by atoms with E-state index in [9.17, 15) is 4.79 Å². The summed E-state index contributed by atoms with van der Waals surface area (Å²) in [7, 11) is 0. The Morgan fingerprint density at radius 2 is 2.08 bits per heavy atom. The number of carbonyl (C=O) groups excluding carboxylic acids is 1. The Hall–Kier alpha value is -1.99. The van der Waals surface area contributed by atoms with Crippen LogP contribution in [-0.4, -0.2) is 32.8 Å². The normalized spacial score (nSPS) is 22.5. The van der Waals surface area contributed by atoms with Crippen molar-refractivity contribution in [3.8, 4) is 0 Å². The molecule has 5 nitrogen and oxygen atoms in total. The Bertz CT molecular complexity index is 898. The van der Waals surface area contributed by atoms with Crippen LogP contribution in [0.5, 0.6) is 0 Å². The van der Waals surface area contributed by atoms with Gasteiger partial charge in [-0.15, -0.1) is 22.7 Å². The standard InChI is InChI=1S/C18H18N4OS2/c23-18(11-3-4-13-14(10-11)20-21-19-13)22-7-5-15-12(6-9-25-15)17(22)16-2-1-8-24-16/h1-2,6,8-9,11,17H,3-5,7,10H2,(H,19,20,21). The van der Waals surface area contributed by atoms with Gasteiger partial charge in [0.1, 0.15) is 0 Å². The van der Waals surface area contributed by atoms with Gasteiger partial charge in [0.05, 0.1) is 17.4 Å². The minimum Gasteiger partial charge on any atom is -0.330 e. The van der Waals surface area contributed by atoms with E-state index in [4.69, 9.17) is 0 Å². The van der Waals surface area contributed by atoms with Gasteiger partial charge in [0.25, 0.3) is 0 Å². The Labute approximate surface area is 153 Å². The third-order valence-corrected chi connectivity index (χ3v) is 7.20. The van der Waals surface area contributed by atoms with Crippen LogP contribution in [0.2, 0.25) is 0 Å². The van der Waals surface area contributed by atoms with Crippen LogP contribution in [0.15, 0.2) is 29.0 Å². The van der Waals surface area contributed by atoms with Crippen LogP contribution in [0, 0.1) is 5.92 Å². The Kier molecular flexibility index (Phi) is 3.71. The van der Waals surface area contributed by atoms with Crippen LogP contribution in [0.4, 0.5) is 0 Å². The van der Waals surface area contributed by atoms with E-state index >= 15 is 0 Å². The molecular formula is C18H18N4OS2. The summed E-state index contributed by atoms with van der Waals surface area (Å²) in [6.45, 7) is 0.803. The fraction of sp³-hybridized carbons (Fsp3) is 0.389. The number of hydrogen-bond acceptors (Lipinski definition) is 5. The maximum absolute atomic E-state index is 13.4. The van der Waals surface area contributed by atoms with Crippen molar-refractivity contribution in [2.75, 3.05) is 6.54 Å². The molecule has 2 atom stereocenters. The minimum atomic E-state index is 0.0141. The highest BCUT2D eigenvalue weighted by Crippen LogP contribution is 2.40. The highest BCUT2D eigenvalue weighted by molar-refractivity contribution is 7.10. The number of rotatable bonds is 2. The van der Waals surface area contributed by atoms with Gasteiger partial charge in [-0.25, -0.2) is 0 Å². The van der Waals surface area contributed by atoms with E-state index in [0.717, 1.165) is 37.2 Å². The molecule has 0 spiro atoms. The largest absolute Gasteiger partial charge is 0.330 e. The van der Waals surface area contributed by atoms with Crippen LogP contribution in [0.3, 0.4) is 0 Å². The molecule has 25 heavy (non-hydrogen) atoms. The summed E-state index contributed by atoms with van der Waals surface area (Å²) in [4.78, 5) is 18.2. The van der Waals surface area contributed by atoms with Crippen molar-refractivity contribution in [2.45, 2.75) is 31.7 Å². The van der Waals surface area contributed by atoms with Gasteiger partial charge in [-0.3, -0.25) is 4.79 Å². The quantitative estimate of drug-likeness (QED) is 0.753. The first-order valence-corrected chi connectivity index (χ1v) is 10.4. The number of aromatic amines is 1. The lowest BCUT2D eigenvalue weighted by molar-refractivity contribution is -0.138. The van der Waals surface area contributed by atoms with Crippen LogP contribution in [-0.2, 0) is 24.1 Å². The molecule has 128 valence electrons. The molecule has 5 rings (SSSR count). The number of thiophene rings is 2. The molecule has 0 bridgehead atoms. The summed E-state index contributed by atoms with van der Waals surface area (Å²) in [5, 5.41) is 15.4. The Balaban J connectivity index is 1.47. The van der Waals surface area contributed by atoms with Gasteiger partial charge in [0.2, 0.25) is 5.91 Å². The third-order valence-electron chi connectivity index (χ3n) is 5.28. The number of nitrogens with zero attached hydrogens (tertiary/aromatic N) is 3. The molecule has 1 aliphatic carbocycles. The first kappa shape index (κ1) is 15.3. The highest BCUT2D eigenvalue weighted by Gasteiger charge is 2.37. The lowest BCUT2D eigenvalue weighted by Gasteiger charge is -2.38. The van der Waals surface area contributed by atoms with Crippen LogP contribution in [0.1, 0.15) is 39.2 Å². The number of aromatic nitrogens is 3. The second kappa shape index (κ2) is 6.07. The number of carbonyl (C=O) groups is 1. The average molecular weight is 371 g/mol. The van der Waals surface area contributed by atoms with E-state index in [1.165, 1.54) is 15.3 Å². The molecule has 2 unspecified atom stereocenters. The van der Waals surface area contributed by atoms with Gasteiger partial charge >= 0.3 is 0 Å². The van der Waals surface area contributed by atoms with E-state index in [2.05, 4.69) is 49.3 Å². The molecule has 0 saturated carbocycles. The maximum atomic E-state index is 13.4. The lowest BCUT2D eigenvalue weighted by atomic mass is 9.87. The number of fused-ring (bicyclic) bond motifs is 2. The maximum Gasteiger partial charge on any atom is 0.226 e. The zero-order valence-corrected chi connectivity index (χ0v) is 15.3. The van der Waals surface area contributed by atoms with Crippen molar-refractivity contribution in [3.63, 3.8) is 0 Å². The molecule has 2 aliphatic rings. The van der Waals surface area contributed by atoms with Crippen molar-refractivity contribution in [2.24, 2.45) is 5.92 Å². The van der Waals surface area contributed by atoms with E-state index < -0.39 is 0 Å². The Morgan fingerprint density at radius 3 is 2.96 bits per heavy atom. The molecule has 0 radical (unpaired) electrons. The molecule has 1 aliphatic heterocycles. The van der Waals surface area contributed by atoms with E-state index in [1.807, 2.05) is 11.3 Å². The summed E-state index contributed by atoms with van der Waals surface area (Å²) in [5.74, 6) is 0.282. The predicted octanol–water partition coefficient (Wildman–Crippen LogP) is 3.21. The second-order valence-electron chi connectivity index (χ2n) is 6.66. The van der Waals surface area contributed by atoms with Gasteiger partial charge in [0.15, 0.2) is 0 Å². The fourth-order valence-corrected chi connectivity index (χ4v) is 5.80. The molecule has 0 aromatic carbocycles. The van der Waals surface area contributed by atoms with Gasteiger partial charge in [-0.1, -0.05) is 6.07 Å². The summed E-state index contributed by atoms with van der Waals surface area (Å²) in [5.41, 5.74) is 3.30. The van der Waals surface area contributed by atoms with Crippen molar-refractivity contribution in [1.29, 1.82) is 0 Å². The first-order chi connectivity index (χ1) is 12.3. The fourth-order valence-electron chi connectivity index (χ4n) is 4.04. The number of nitrogens with one attached hydrogen (secondary N) is 1. The van der Waals surface area contributed by atoms with Crippen LogP contribution >= 0.6 is 22.7 Å². The molecule has 1 amide bonds. The molecular weight excluding hydrogens is 352 g/mol. The summed E-state index contributed by atoms with van der Waals surface area (Å²) in [6.07, 6.45) is 3.36. The zero-order valence-electron chi connectivity index (χ0n) is 13.6. The molecule has 1 N–H and O–H groups in total. The predicted molar refractivity (Wildman–Crippen MR) is 97.8 cm³/mol. The topological polar surface area (TPSA) is 61.9 Å². The van der Waals surface area contributed by atoms with Gasteiger partial charge in [-0.2, -0.15) is 15.4 Å². The van der Waals surface area contributed by atoms with Crippen molar-refractivity contribution >= 4 is 28.6 Å². The first-order valence-electron chi connectivity index (χ1n) is 8.60. The monoisotopic (exact) mass is 370 g/mol. The molecule has 3 aromatic rings. The SMILES string of the molecule is O=C(C1CCc2n[nH]nc2C1)N1CCc2sccc2C1c1cccs1. The van der Waals surface area contributed by atoms with E-state index in [-0.39, 0.29) is 17.9 Å². The van der Waals surface area contributed by atoms with E-state index in [1.54, 1.807) is 11.3 Å². The molecule has 3 aromatic heterocycles. The lowest BCUT2D eigenvalue weighted by Crippen LogP contribution is -2.44. The van der Waals surface area contributed by atoms with E-state index in [0.29, 0.717) is 6.42 Å². The van der Waals surface area contributed by atoms with Crippen molar-refractivity contribution in [1.82, 2.24) is 20.3 Å². The summed E-state index contributed by atoms with van der Waals surface area (Å²) >= 11 is 3.55. The van der Waals surface area contributed by atoms with Crippen LogP contribution in [0.25, 0.3) is 0 Å². The van der Waals surface area contributed by atoms with Gasteiger partial charge in [-0.05, 0) is 47.7 Å². The molecule has 0 fully saturated rings. The minimum absolute atomic E-state index is 0.0141. The average Bonchev–Trinajstić information content (AvgIpc) is 3.40. The summed E-state index contributed by atoms with van der Waals surface area (Å²) < 4.78 is 0. The van der Waals surface area contributed by atoms with Gasteiger partial charge in [0, 0.05) is 28.6 Å². The smallest absolute Gasteiger partial charge is 0.226 e. The Morgan fingerprint density at radius 1 is 1.16 bits per heavy atom. The van der Waals surface area contributed by atoms with Crippen LogP contribution < -0.4 is 0 Å². The highest BCUT2D eigenvalue weighted by atomic mass is 32.1. The van der Waals surface area contributed by atoms with Crippen molar-refractivity contribution < 1.29 is 4.79 Å². The molecule has 0 saturated heterocycles. The molecule has 7 heteroatoms. The van der Waals surface area contributed by atoms with Gasteiger partial charge < -0.3 is 4.90 Å². The number of amides is 1. The second-order valence-corrected chi connectivity index (χ2v) is 8.64. The number of hydrogen-bond donors (Lipinski definition) is 1. The number of aryl methyl sites for hydroxylation is 1. The zero-order chi connectivity index (χ0) is 16.8. The van der Waals surface area contributed by atoms with Crippen molar-refractivity contribution in [3.05, 3.63) is 55.7 Å². The summed E-state index contributed by atoms with van der Waals surface area (Å²) in [6, 6.07) is 6.49. The number of H-pyrrole nitrogens is 1. The molecule has 4 heterocycles.